The third-order valence-electron chi connectivity index (χ3n) is 1.57. The number of rotatable bonds is 1. The van der Waals surface area contributed by atoms with Crippen molar-refractivity contribution in [2.24, 2.45) is 0 Å². The second kappa shape index (κ2) is 4.89. The van der Waals surface area contributed by atoms with Crippen molar-refractivity contribution >= 4 is 30.4 Å². The molecule has 0 radical (unpaired) electrons. The molecule has 0 spiro atoms. The van der Waals surface area contributed by atoms with Crippen molar-refractivity contribution in [1.29, 1.82) is 0 Å². The summed E-state index contributed by atoms with van der Waals surface area (Å²) in [5.41, 5.74) is 0. The van der Waals surface area contributed by atoms with E-state index in [1.807, 2.05) is 6.92 Å². The maximum atomic E-state index is 9.93. The monoisotopic (exact) mass is 376 g/mol. The zero-order chi connectivity index (χ0) is 12.9. The van der Waals surface area contributed by atoms with Crippen LogP contribution in [0.5, 0.6) is 0 Å². The zero-order valence-corrected chi connectivity index (χ0v) is 12.0. The molecule has 16 heavy (non-hydrogen) atoms. The second-order valence-corrected chi connectivity index (χ2v) is 11.1. The first-order chi connectivity index (χ1) is 6.88. The molecule has 1 heterocycles. The molecule has 1 aliphatic heterocycles. The SMILES string of the molecule is CC#CC[S+]1CCCC1.[F][Sb-]([F])([F])([F])([F])[F]. The molecule has 8 heteroatoms. The molecular formula is C8H13F6SSb. The van der Waals surface area contributed by atoms with Crippen LogP contribution in [-0.4, -0.2) is 36.7 Å². The van der Waals surface area contributed by atoms with Crippen molar-refractivity contribution in [2.45, 2.75) is 19.8 Å². The van der Waals surface area contributed by atoms with E-state index in [2.05, 4.69) is 11.8 Å². The van der Waals surface area contributed by atoms with Crippen LogP contribution in [0.15, 0.2) is 0 Å². The van der Waals surface area contributed by atoms with Gasteiger partial charge < -0.3 is 0 Å². The van der Waals surface area contributed by atoms with E-state index in [9.17, 15) is 16.9 Å². The minimum atomic E-state index is -11.2. The first-order valence-corrected chi connectivity index (χ1v) is 12.0. The van der Waals surface area contributed by atoms with E-state index < -0.39 is 19.5 Å². The van der Waals surface area contributed by atoms with Crippen LogP contribution in [0.3, 0.4) is 0 Å². The van der Waals surface area contributed by atoms with Crippen LogP contribution < -0.4 is 0 Å². The summed E-state index contributed by atoms with van der Waals surface area (Å²) in [5, 5.41) is 0. The van der Waals surface area contributed by atoms with E-state index in [1.165, 1.54) is 30.1 Å². The first kappa shape index (κ1) is 16.3. The van der Waals surface area contributed by atoms with Gasteiger partial charge in [0.05, 0.1) is 0 Å². The Bertz CT molecular complexity index is 266. The van der Waals surface area contributed by atoms with E-state index in [4.69, 9.17) is 0 Å². The molecule has 0 aliphatic carbocycles. The Labute approximate surface area is 96.0 Å². The molecule has 0 bridgehead atoms. The molecule has 0 aromatic heterocycles. The average Bonchev–Trinajstić information content (AvgIpc) is 2.46. The number of halogens is 6. The Hall–Kier alpha value is 0.308. The van der Waals surface area contributed by atoms with Crippen LogP contribution in [0.4, 0.5) is 16.9 Å². The van der Waals surface area contributed by atoms with Crippen LogP contribution in [-0.2, 0) is 10.9 Å². The van der Waals surface area contributed by atoms with Crippen molar-refractivity contribution in [3.05, 3.63) is 0 Å². The Kier molecular flexibility index (Phi) is 4.99. The van der Waals surface area contributed by atoms with E-state index in [0.717, 1.165) is 0 Å². The van der Waals surface area contributed by atoms with Crippen LogP contribution >= 0.6 is 0 Å². The van der Waals surface area contributed by atoms with Gasteiger partial charge in [0, 0.05) is 0 Å². The third kappa shape index (κ3) is 19.8. The van der Waals surface area contributed by atoms with Gasteiger partial charge in [0.1, 0.15) is 11.5 Å². The minimum absolute atomic E-state index is 0.699. The average molecular weight is 377 g/mol. The topological polar surface area (TPSA) is 0 Å². The molecule has 0 unspecified atom stereocenters. The molecule has 0 atom stereocenters. The Balaban J connectivity index is 0.000000293. The summed E-state index contributed by atoms with van der Waals surface area (Å²) in [4.78, 5) is 0. The van der Waals surface area contributed by atoms with Crippen molar-refractivity contribution in [3.63, 3.8) is 0 Å². The number of hydrogen-bond acceptors (Lipinski definition) is 0. The predicted molar refractivity (Wildman–Crippen MR) is 57.1 cm³/mol. The van der Waals surface area contributed by atoms with Gasteiger partial charge in [-0.3, -0.25) is 0 Å². The molecular weight excluding hydrogens is 364 g/mol. The molecule has 1 saturated heterocycles. The summed E-state index contributed by atoms with van der Waals surface area (Å²) >= 11 is -11.2. The fraction of sp³-hybridized carbons (Fsp3) is 0.750. The normalized spacial score (nSPS) is 20.9. The molecule has 0 nitrogen and oxygen atoms in total. The van der Waals surface area contributed by atoms with E-state index in [-0.39, 0.29) is 0 Å². The van der Waals surface area contributed by atoms with Gasteiger partial charge in [-0.2, -0.15) is 0 Å². The Morgan fingerprint density at radius 1 is 1.00 bits per heavy atom. The predicted octanol–water partition coefficient (Wildman–Crippen LogP) is 3.56. The number of hydrogen-bond donors (Lipinski definition) is 0. The van der Waals surface area contributed by atoms with Crippen molar-refractivity contribution in [2.75, 3.05) is 17.3 Å². The molecule has 0 aromatic carbocycles. The fourth-order valence-electron chi connectivity index (χ4n) is 1.03. The van der Waals surface area contributed by atoms with Crippen LogP contribution in [0.25, 0.3) is 0 Å². The van der Waals surface area contributed by atoms with Gasteiger partial charge >= 0.3 is 36.4 Å². The maximum absolute atomic E-state index is 11.2. The van der Waals surface area contributed by atoms with Crippen LogP contribution in [0.1, 0.15) is 19.8 Å². The standard InChI is InChI=1S/C8H13S.6FH.Sb/c1-2-3-6-9-7-4-5-8-9;;;;;;;/h4-8H2,1H3;6*1H;/q+1;;;;;;;+5/p-6. The van der Waals surface area contributed by atoms with Crippen molar-refractivity contribution < 1.29 is 16.9 Å². The summed E-state index contributed by atoms with van der Waals surface area (Å²) in [6, 6.07) is 0. The van der Waals surface area contributed by atoms with Gasteiger partial charge in [-0.05, 0) is 36.6 Å². The van der Waals surface area contributed by atoms with Crippen molar-refractivity contribution in [1.82, 2.24) is 0 Å². The summed E-state index contributed by atoms with van der Waals surface area (Å²) in [6.07, 6.45) is 2.91. The zero-order valence-electron chi connectivity index (χ0n) is 8.66. The molecule has 98 valence electrons. The molecule has 1 aliphatic rings. The molecule has 0 saturated carbocycles. The first-order valence-electron chi connectivity index (χ1n) is 4.48. The van der Waals surface area contributed by atoms with Gasteiger partial charge in [0.2, 0.25) is 0 Å². The molecule has 1 fully saturated rings. The summed E-state index contributed by atoms with van der Waals surface area (Å²) in [5.74, 6) is 10.2. The van der Waals surface area contributed by atoms with Gasteiger partial charge in [0.15, 0.2) is 5.75 Å². The third-order valence-corrected chi connectivity index (χ3v) is 3.85. The molecule has 0 aromatic rings. The summed E-state index contributed by atoms with van der Waals surface area (Å²) < 4.78 is 59.6. The fourth-order valence-corrected chi connectivity index (χ4v) is 3.10. The summed E-state index contributed by atoms with van der Waals surface area (Å²) in [7, 11) is 0.699. The molecule has 1 rings (SSSR count). The van der Waals surface area contributed by atoms with E-state index in [0.29, 0.717) is 10.9 Å². The van der Waals surface area contributed by atoms with E-state index in [1.54, 1.807) is 0 Å². The van der Waals surface area contributed by atoms with E-state index >= 15 is 0 Å². The molecule has 0 N–H and O–H groups in total. The second-order valence-electron chi connectivity index (χ2n) is 3.26. The van der Waals surface area contributed by atoms with Crippen molar-refractivity contribution in [3.8, 4) is 11.8 Å². The Morgan fingerprint density at radius 3 is 1.69 bits per heavy atom. The van der Waals surface area contributed by atoms with Gasteiger partial charge in [-0.15, -0.1) is 5.92 Å². The van der Waals surface area contributed by atoms with Gasteiger partial charge in [0.25, 0.3) is 0 Å². The van der Waals surface area contributed by atoms with Gasteiger partial charge in [-0.1, -0.05) is 0 Å². The quantitative estimate of drug-likeness (QED) is 0.284. The van der Waals surface area contributed by atoms with Crippen LogP contribution in [0, 0.1) is 11.8 Å². The van der Waals surface area contributed by atoms with Gasteiger partial charge in [-0.25, -0.2) is 0 Å². The molecule has 0 amide bonds. The van der Waals surface area contributed by atoms with Crippen LogP contribution in [0.2, 0.25) is 0 Å². The Morgan fingerprint density at radius 2 is 1.38 bits per heavy atom. The summed E-state index contributed by atoms with van der Waals surface area (Å²) in [6.45, 7) is 1.93.